The summed E-state index contributed by atoms with van der Waals surface area (Å²) in [7, 11) is 3.81. The molecule has 1 rings (SSSR count). The van der Waals surface area contributed by atoms with Crippen LogP contribution in [0, 0.1) is 5.92 Å². The lowest BCUT2D eigenvalue weighted by Gasteiger charge is -2.27. The Bertz CT molecular complexity index is 377. The molecule has 102 valence electrons. The minimum absolute atomic E-state index is 0.0319. The van der Waals surface area contributed by atoms with Gasteiger partial charge in [-0.1, -0.05) is 26.3 Å². The molecule has 0 radical (unpaired) electrons. The topological polar surface area (TPSA) is 38.5 Å². The maximum absolute atomic E-state index is 6.09. The number of hydrogen-bond acceptors (Lipinski definition) is 3. The van der Waals surface area contributed by atoms with Gasteiger partial charge in [0, 0.05) is 30.9 Å². The van der Waals surface area contributed by atoms with Crippen molar-refractivity contribution in [2.24, 2.45) is 11.7 Å². The fraction of sp³-hybridized carbons (Fsp3) is 0.600. The van der Waals surface area contributed by atoms with Crippen LogP contribution in [0.15, 0.2) is 18.2 Å². The summed E-state index contributed by atoms with van der Waals surface area (Å²) in [5.74, 6) is 1.54. The number of benzene rings is 1. The molecule has 1 aromatic carbocycles. The van der Waals surface area contributed by atoms with E-state index in [1.165, 1.54) is 12.1 Å². The van der Waals surface area contributed by atoms with E-state index in [1.807, 2.05) is 19.1 Å². The summed E-state index contributed by atoms with van der Waals surface area (Å²) in [6, 6.07) is 6.08. The van der Waals surface area contributed by atoms with E-state index in [0.29, 0.717) is 5.92 Å². The van der Waals surface area contributed by atoms with Crippen molar-refractivity contribution >= 4 is 5.69 Å². The Kier molecular flexibility index (Phi) is 5.48. The summed E-state index contributed by atoms with van der Waals surface area (Å²) in [6.07, 6.45) is 1.18. The van der Waals surface area contributed by atoms with Gasteiger partial charge < -0.3 is 15.4 Å². The molecule has 18 heavy (non-hydrogen) atoms. The van der Waals surface area contributed by atoms with Crippen molar-refractivity contribution in [3.05, 3.63) is 23.8 Å². The SMILES string of the molecule is CCC(C)CN(C)c1cccc(OC)c1[C@H](C)N. The molecule has 2 N–H and O–H groups in total. The fourth-order valence-corrected chi connectivity index (χ4v) is 2.20. The number of ether oxygens (including phenoxy) is 1. The summed E-state index contributed by atoms with van der Waals surface area (Å²) in [4.78, 5) is 2.27. The van der Waals surface area contributed by atoms with E-state index < -0.39 is 0 Å². The van der Waals surface area contributed by atoms with E-state index in [9.17, 15) is 0 Å². The van der Waals surface area contributed by atoms with Gasteiger partial charge in [-0.25, -0.2) is 0 Å². The molecule has 0 heterocycles. The molecular weight excluding hydrogens is 224 g/mol. The highest BCUT2D eigenvalue weighted by molar-refractivity contribution is 5.60. The van der Waals surface area contributed by atoms with Gasteiger partial charge in [0.1, 0.15) is 5.75 Å². The van der Waals surface area contributed by atoms with Crippen LogP contribution in [0.25, 0.3) is 0 Å². The summed E-state index contributed by atoms with van der Waals surface area (Å²) < 4.78 is 5.42. The van der Waals surface area contributed by atoms with Crippen molar-refractivity contribution in [1.82, 2.24) is 0 Å². The van der Waals surface area contributed by atoms with Crippen molar-refractivity contribution in [3.8, 4) is 5.75 Å². The van der Waals surface area contributed by atoms with Crippen molar-refractivity contribution in [2.75, 3.05) is 25.6 Å². The maximum atomic E-state index is 6.09. The molecule has 1 aromatic rings. The average molecular weight is 250 g/mol. The first kappa shape index (κ1) is 14.8. The third-order valence-corrected chi connectivity index (χ3v) is 3.41. The third kappa shape index (κ3) is 3.39. The zero-order valence-electron chi connectivity index (χ0n) is 12.2. The highest BCUT2D eigenvalue weighted by Gasteiger charge is 2.16. The Balaban J connectivity index is 3.07. The van der Waals surface area contributed by atoms with Gasteiger partial charge in [-0.15, -0.1) is 0 Å². The van der Waals surface area contributed by atoms with Crippen molar-refractivity contribution < 1.29 is 4.74 Å². The van der Waals surface area contributed by atoms with Crippen LogP contribution in [-0.2, 0) is 0 Å². The number of anilines is 1. The molecule has 0 spiro atoms. The zero-order chi connectivity index (χ0) is 13.7. The Labute approximate surface area is 111 Å². The van der Waals surface area contributed by atoms with Crippen LogP contribution in [0.4, 0.5) is 5.69 Å². The van der Waals surface area contributed by atoms with Crippen molar-refractivity contribution in [1.29, 1.82) is 0 Å². The number of nitrogens with zero attached hydrogens (tertiary/aromatic N) is 1. The number of hydrogen-bond donors (Lipinski definition) is 1. The highest BCUT2D eigenvalue weighted by Crippen LogP contribution is 2.33. The summed E-state index contributed by atoms with van der Waals surface area (Å²) in [5, 5.41) is 0. The fourth-order valence-electron chi connectivity index (χ4n) is 2.20. The average Bonchev–Trinajstić information content (AvgIpc) is 2.37. The van der Waals surface area contributed by atoms with Crippen LogP contribution < -0.4 is 15.4 Å². The smallest absolute Gasteiger partial charge is 0.125 e. The molecule has 3 heteroatoms. The third-order valence-electron chi connectivity index (χ3n) is 3.41. The van der Waals surface area contributed by atoms with Gasteiger partial charge in [0.25, 0.3) is 0 Å². The van der Waals surface area contributed by atoms with E-state index in [-0.39, 0.29) is 6.04 Å². The molecule has 2 atom stereocenters. The molecule has 3 nitrogen and oxygen atoms in total. The molecule has 0 saturated heterocycles. The van der Waals surface area contributed by atoms with Crippen LogP contribution in [0.2, 0.25) is 0 Å². The first-order valence-electron chi connectivity index (χ1n) is 6.64. The van der Waals surface area contributed by atoms with Gasteiger partial charge in [0.05, 0.1) is 7.11 Å². The largest absolute Gasteiger partial charge is 0.496 e. The van der Waals surface area contributed by atoms with E-state index in [0.717, 1.165) is 17.9 Å². The van der Waals surface area contributed by atoms with Crippen LogP contribution >= 0.6 is 0 Å². The van der Waals surface area contributed by atoms with E-state index in [1.54, 1.807) is 7.11 Å². The van der Waals surface area contributed by atoms with Gasteiger partial charge in [0.2, 0.25) is 0 Å². The predicted molar refractivity (Wildman–Crippen MR) is 78.3 cm³/mol. The molecule has 0 amide bonds. The maximum Gasteiger partial charge on any atom is 0.125 e. The molecule has 0 aromatic heterocycles. The molecule has 0 aliphatic carbocycles. The second-order valence-electron chi connectivity index (χ2n) is 5.08. The Morgan fingerprint density at radius 2 is 2.00 bits per heavy atom. The van der Waals surface area contributed by atoms with Gasteiger partial charge in [-0.2, -0.15) is 0 Å². The number of nitrogens with two attached hydrogens (primary N) is 1. The Morgan fingerprint density at radius 1 is 1.33 bits per heavy atom. The first-order valence-corrected chi connectivity index (χ1v) is 6.64. The van der Waals surface area contributed by atoms with Gasteiger partial charge >= 0.3 is 0 Å². The van der Waals surface area contributed by atoms with E-state index >= 15 is 0 Å². The van der Waals surface area contributed by atoms with E-state index in [4.69, 9.17) is 10.5 Å². The predicted octanol–water partition coefficient (Wildman–Crippen LogP) is 3.20. The van der Waals surface area contributed by atoms with Crippen molar-refractivity contribution in [2.45, 2.75) is 33.2 Å². The number of methoxy groups -OCH3 is 1. The first-order chi connectivity index (χ1) is 8.51. The van der Waals surface area contributed by atoms with Crippen LogP contribution in [0.5, 0.6) is 5.75 Å². The van der Waals surface area contributed by atoms with Crippen molar-refractivity contribution in [3.63, 3.8) is 0 Å². The molecule has 1 unspecified atom stereocenters. The molecule has 0 fully saturated rings. The van der Waals surface area contributed by atoms with Crippen LogP contribution in [-0.4, -0.2) is 20.7 Å². The monoisotopic (exact) mass is 250 g/mol. The molecule has 0 bridgehead atoms. The summed E-state index contributed by atoms with van der Waals surface area (Å²) >= 11 is 0. The highest BCUT2D eigenvalue weighted by atomic mass is 16.5. The van der Waals surface area contributed by atoms with Crippen LogP contribution in [0.1, 0.15) is 38.8 Å². The number of rotatable bonds is 6. The van der Waals surface area contributed by atoms with Gasteiger partial charge in [-0.05, 0) is 25.0 Å². The summed E-state index contributed by atoms with van der Waals surface area (Å²) in [6.45, 7) is 7.51. The van der Waals surface area contributed by atoms with E-state index in [2.05, 4.69) is 31.9 Å². The van der Waals surface area contributed by atoms with Crippen LogP contribution in [0.3, 0.4) is 0 Å². The second kappa shape index (κ2) is 6.64. The second-order valence-corrected chi connectivity index (χ2v) is 5.08. The molecule has 0 aliphatic heterocycles. The minimum Gasteiger partial charge on any atom is -0.496 e. The van der Waals surface area contributed by atoms with Gasteiger partial charge in [-0.3, -0.25) is 0 Å². The lowest BCUT2D eigenvalue weighted by atomic mass is 10.0. The summed E-state index contributed by atoms with van der Waals surface area (Å²) in [5.41, 5.74) is 8.35. The Hall–Kier alpha value is -1.22. The lowest BCUT2D eigenvalue weighted by Crippen LogP contribution is -2.26. The lowest BCUT2D eigenvalue weighted by molar-refractivity contribution is 0.407. The normalized spacial score (nSPS) is 14.1. The Morgan fingerprint density at radius 3 is 2.50 bits per heavy atom. The molecule has 0 saturated carbocycles. The molecule has 0 aliphatic rings. The zero-order valence-corrected chi connectivity index (χ0v) is 12.2. The van der Waals surface area contributed by atoms with Gasteiger partial charge in [0.15, 0.2) is 0 Å². The molecular formula is C15H26N2O. The minimum atomic E-state index is -0.0319. The standard InChI is InChI=1S/C15H26N2O/c1-6-11(2)10-17(4)13-8-7-9-14(18-5)15(13)12(3)16/h7-9,11-12H,6,10,16H2,1-5H3/t11?,12-/m0/s1. The quantitative estimate of drug-likeness (QED) is 0.842.